The number of sulfonamides is 1. The van der Waals surface area contributed by atoms with Crippen LogP contribution in [-0.4, -0.2) is 49.5 Å². The number of benzene rings is 2. The van der Waals surface area contributed by atoms with Gasteiger partial charge in [0.15, 0.2) is 0 Å². The second-order valence-electron chi connectivity index (χ2n) is 9.34. The maximum absolute atomic E-state index is 13.3. The van der Waals surface area contributed by atoms with E-state index >= 15 is 0 Å². The molecule has 0 aromatic heterocycles. The quantitative estimate of drug-likeness (QED) is 0.549. The van der Waals surface area contributed by atoms with Crippen LogP contribution in [-0.2, 0) is 26.2 Å². The Morgan fingerprint density at radius 2 is 1.62 bits per heavy atom. The third-order valence-electron chi connectivity index (χ3n) is 5.13. The topological polar surface area (TPSA) is 86.8 Å². The minimum Gasteiger partial charge on any atom is -0.350 e. The van der Waals surface area contributed by atoms with Gasteiger partial charge in [-0.25, -0.2) is 12.8 Å². The smallest absolute Gasteiger partial charge is 0.242 e. The van der Waals surface area contributed by atoms with Crippen LogP contribution in [0.15, 0.2) is 54.6 Å². The number of amides is 2. The Balaban J connectivity index is 2.15. The van der Waals surface area contributed by atoms with Gasteiger partial charge in [-0.3, -0.25) is 13.9 Å². The minimum atomic E-state index is -3.63. The van der Waals surface area contributed by atoms with Crippen molar-refractivity contribution >= 4 is 27.5 Å². The fraction of sp³-hybridized carbons (Fsp3) is 0.440. The maximum atomic E-state index is 13.3. The van der Waals surface area contributed by atoms with E-state index in [0.29, 0.717) is 5.69 Å². The fourth-order valence-corrected chi connectivity index (χ4v) is 4.41. The maximum Gasteiger partial charge on any atom is 0.242 e. The highest BCUT2D eigenvalue weighted by molar-refractivity contribution is 7.92. The van der Waals surface area contributed by atoms with E-state index in [-0.39, 0.29) is 37.7 Å². The molecular formula is C25H34FN3O4S. The lowest BCUT2D eigenvalue weighted by atomic mass is 10.1. The lowest BCUT2D eigenvalue weighted by molar-refractivity contribution is -0.141. The molecule has 0 aliphatic heterocycles. The average molecular weight is 492 g/mol. The predicted molar refractivity (Wildman–Crippen MR) is 132 cm³/mol. The third-order valence-corrected chi connectivity index (χ3v) is 6.32. The zero-order valence-corrected chi connectivity index (χ0v) is 21.2. The first-order valence-corrected chi connectivity index (χ1v) is 13.0. The van der Waals surface area contributed by atoms with Crippen molar-refractivity contribution in [3.05, 3.63) is 66.0 Å². The Kier molecular flexibility index (Phi) is 9.21. The van der Waals surface area contributed by atoms with Crippen LogP contribution in [0.4, 0.5) is 10.1 Å². The Bertz CT molecular complexity index is 1070. The molecule has 9 heteroatoms. The molecule has 2 aromatic carbocycles. The number of anilines is 1. The molecule has 0 saturated heterocycles. The number of halogens is 1. The van der Waals surface area contributed by atoms with E-state index in [9.17, 15) is 22.4 Å². The number of hydrogen-bond acceptors (Lipinski definition) is 4. The van der Waals surface area contributed by atoms with Gasteiger partial charge in [-0.05, 0) is 63.9 Å². The Morgan fingerprint density at radius 3 is 2.15 bits per heavy atom. The van der Waals surface area contributed by atoms with E-state index in [1.807, 2.05) is 51.1 Å². The summed E-state index contributed by atoms with van der Waals surface area (Å²) in [5.41, 5.74) is 0.767. The number of carbonyl (C=O) groups is 2. The van der Waals surface area contributed by atoms with Gasteiger partial charge >= 0.3 is 0 Å². The average Bonchev–Trinajstić information content (AvgIpc) is 2.74. The van der Waals surface area contributed by atoms with E-state index in [1.165, 1.54) is 29.2 Å². The second-order valence-corrected chi connectivity index (χ2v) is 11.2. The number of nitrogens with zero attached hydrogens (tertiary/aromatic N) is 2. The molecule has 1 unspecified atom stereocenters. The predicted octanol–water partition coefficient (Wildman–Crippen LogP) is 3.70. The molecule has 0 radical (unpaired) electrons. The summed E-state index contributed by atoms with van der Waals surface area (Å²) in [4.78, 5) is 27.5. The van der Waals surface area contributed by atoms with Crippen LogP contribution in [0.2, 0.25) is 0 Å². The van der Waals surface area contributed by atoms with Crippen molar-refractivity contribution in [1.82, 2.24) is 10.2 Å². The number of carbonyl (C=O) groups excluding carboxylic acids is 2. The van der Waals surface area contributed by atoms with Crippen LogP contribution in [0.5, 0.6) is 0 Å². The van der Waals surface area contributed by atoms with Gasteiger partial charge in [0.1, 0.15) is 11.9 Å². The van der Waals surface area contributed by atoms with Crippen LogP contribution in [0.25, 0.3) is 0 Å². The highest BCUT2D eigenvalue weighted by Gasteiger charge is 2.28. The molecule has 2 rings (SSSR count). The van der Waals surface area contributed by atoms with Crippen molar-refractivity contribution in [3.63, 3.8) is 0 Å². The van der Waals surface area contributed by atoms with E-state index < -0.39 is 27.4 Å². The van der Waals surface area contributed by atoms with Crippen LogP contribution in [0, 0.1) is 5.82 Å². The van der Waals surface area contributed by atoms with Crippen LogP contribution < -0.4 is 9.62 Å². The first kappa shape index (κ1) is 27.3. The molecule has 2 amide bonds. The lowest BCUT2D eigenvalue weighted by Gasteiger charge is -2.32. The summed E-state index contributed by atoms with van der Waals surface area (Å²) in [6, 6.07) is 13.8. The van der Waals surface area contributed by atoms with Gasteiger partial charge in [0.05, 0.1) is 11.9 Å². The van der Waals surface area contributed by atoms with Crippen molar-refractivity contribution in [1.29, 1.82) is 0 Å². The zero-order chi connectivity index (χ0) is 25.5. The van der Waals surface area contributed by atoms with Crippen molar-refractivity contribution in [2.24, 2.45) is 0 Å². The molecule has 0 aliphatic rings. The summed E-state index contributed by atoms with van der Waals surface area (Å²) < 4.78 is 39.0. The first-order chi connectivity index (χ1) is 15.8. The summed E-state index contributed by atoms with van der Waals surface area (Å²) in [5, 5.41) is 2.91. The number of hydrogen-bond donors (Lipinski definition) is 1. The molecule has 1 atom stereocenters. The molecule has 1 N–H and O–H groups in total. The number of nitrogens with one attached hydrogen (secondary N) is 1. The SMILES string of the molecule is CC(C(=O)NC(C)(C)C)N(Cc1ccccc1)C(=O)CCCN(c1ccc(F)cc1)S(C)(=O)=O. The van der Waals surface area contributed by atoms with Crippen LogP contribution in [0.1, 0.15) is 46.1 Å². The molecule has 0 fully saturated rings. The van der Waals surface area contributed by atoms with Gasteiger partial charge in [0.2, 0.25) is 21.8 Å². The molecule has 0 spiro atoms. The normalized spacial score (nSPS) is 12.6. The second kappa shape index (κ2) is 11.5. The Morgan fingerprint density at radius 1 is 1.03 bits per heavy atom. The van der Waals surface area contributed by atoms with E-state index in [4.69, 9.17) is 0 Å². The number of rotatable bonds is 10. The molecule has 186 valence electrons. The van der Waals surface area contributed by atoms with E-state index in [2.05, 4.69) is 5.32 Å². The highest BCUT2D eigenvalue weighted by atomic mass is 32.2. The van der Waals surface area contributed by atoms with Crippen LogP contribution in [0.3, 0.4) is 0 Å². The minimum absolute atomic E-state index is 0.0488. The molecular weight excluding hydrogens is 457 g/mol. The molecule has 2 aromatic rings. The van der Waals surface area contributed by atoms with Crippen molar-refractivity contribution < 1.29 is 22.4 Å². The summed E-state index contributed by atoms with van der Waals surface area (Å²) in [6.45, 7) is 7.61. The molecule has 34 heavy (non-hydrogen) atoms. The van der Waals surface area contributed by atoms with Crippen molar-refractivity contribution in [2.75, 3.05) is 17.1 Å². The van der Waals surface area contributed by atoms with Crippen molar-refractivity contribution in [3.8, 4) is 0 Å². The Labute approximate surface area is 202 Å². The molecule has 7 nitrogen and oxygen atoms in total. The summed E-state index contributed by atoms with van der Waals surface area (Å²) in [6.07, 6.45) is 1.36. The van der Waals surface area contributed by atoms with E-state index in [0.717, 1.165) is 16.1 Å². The van der Waals surface area contributed by atoms with Gasteiger partial charge in [-0.1, -0.05) is 30.3 Å². The molecule has 0 bridgehead atoms. The summed E-state index contributed by atoms with van der Waals surface area (Å²) >= 11 is 0. The van der Waals surface area contributed by atoms with Gasteiger partial charge in [-0.15, -0.1) is 0 Å². The van der Waals surface area contributed by atoms with Crippen molar-refractivity contribution in [2.45, 2.75) is 58.7 Å². The molecule has 0 saturated carbocycles. The molecule has 0 aliphatic carbocycles. The van der Waals surface area contributed by atoms with Gasteiger partial charge < -0.3 is 10.2 Å². The lowest BCUT2D eigenvalue weighted by Crippen LogP contribution is -2.52. The van der Waals surface area contributed by atoms with Gasteiger partial charge in [0, 0.05) is 25.0 Å². The van der Waals surface area contributed by atoms with E-state index in [1.54, 1.807) is 6.92 Å². The Hall–Kier alpha value is -2.94. The van der Waals surface area contributed by atoms with Gasteiger partial charge in [0.25, 0.3) is 0 Å². The summed E-state index contributed by atoms with van der Waals surface area (Å²) in [5.74, 6) is -0.986. The standard InChI is InChI=1S/C25H34FN3O4S/c1-19(24(31)27-25(2,3)4)28(18-20-10-7-6-8-11-20)23(30)12-9-17-29(34(5,32)33)22-15-13-21(26)14-16-22/h6-8,10-11,13-16,19H,9,12,17-18H2,1-5H3,(H,27,31). The summed E-state index contributed by atoms with van der Waals surface area (Å²) in [7, 11) is -3.63. The zero-order valence-electron chi connectivity index (χ0n) is 20.4. The highest BCUT2D eigenvalue weighted by Crippen LogP contribution is 2.19. The largest absolute Gasteiger partial charge is 0.350 e. The van der Waals surface area contributed by atoms with Crippen LogP contribution >= 0.6 is 0 Å². The van der Waals surface area contributed by atoms with Gasteiger partial charge in [-0.2, -0.15) is 0 Å². The fourth-order valence-electron chi connectivity index (χ4n) is 3.45. The third kappa shape index (κ3) is 8.44. The monoisotopic (exact) mass is 491 g/mol. The first-order valence-electron chi connectivity index (χ1n) is 11.2. The molecule has 0 heterocycles.